The zero-order valence-electron chi connectivity index (χ0n) is 12.7. The van der Waals surface area contributed by atoms with E-state index >= 15 is 0 Å². The molecule has 116 valence electrons. The average Bonchev–Trinajstić information content (AvgIpc) is 3.04. The summed E-state index contributed by atoms with van der Waals surface area (Å²) in [6.45, 7) is 0. The number of nitrogens with one attached hydrogen (secondary N) is 2. The molecular formula is C18H18N4O. The van der Waals surface area contributed by atoms with Crippen molar-refractivity contribution in [2.75, 3.05) is 5.32 Å². The third-order valence-electron chi connectivity index (χ3n) is 4.47. The number of carbonyl (C=O) groups is 1. The van der Waals surface area contributed by atoms with Gasteiger partial charge in [0.2, 0.25) is 0 Å². The van der Waals surface area contributed by atoms with Crippen LogP contribution >= 0.6 is 0 Å². The predicted molar refractivity (Wildman–Crippen MR) is 90.4 cm³/mol. The number of anilines is 1. The van der Waals surface area contributed by atoms with Gasteiger partial charge in [-0.3, -0.25) is 4.79 Å². The van der Waals surface area contributed by atoms with Crippen LogP contribution in [0, 0.1) is 0 Å². The molecule has 2 heterocycles. The molecule has 1 aliphatic rings. The lowest BCUT2D eigenvalue weighted by atomic mass is 9.87. The van der Waals surface area contributed by atoms with E-state index in [0.29, 0.717) is 5.56 Å². The summed E-state index contributed by atoms with van der Waals surface area (Å²) in [7, 11) is 0. The summed E-state index contributed by atoms with van der Waals surface area (Å²) >= 11 is 0. The molecule has 0 unspecified atom stereocenters. The first-order chi connectivity index (χ1) is 11.2. The van der Waals surface area contributed by atoms with Gasteiger partial charge in [0.05, 0.1) is 5.69 Å². The molecule has 1 amide bonds. The van der Waals surface area contributed by atoms with E-state index in [-0.39, 0.29) is 11.9 Å². The lowest BCUT2D eigenvalue weighted by Crippen LogP contribution is -2.19. The quantitative estimate of drug-likeness (QED) is 0.680. The minimum absolute atomic E-state index is 0.0931. The second kappa shape index (κ2) is 5.52. The summed E-state index contributed by atoms with van der Waals surface area (Å²) in [4.78, 5) is 19.8. The SMILES string of the molecule is N[C@H]1CCCc2cc(C(=O)Nc3ccnc4[nH]ccc34)ccc21. The number of benzene rings is 1. The summed E-state index contributed by atoms with van der Waals surface area (Å²) in [6, 6.07) is 9.63. The van der Waals surface area contributed by atoms with Crippen LogP contribution in [0.1, 0.15) is 40.4 Å². The van der Waals surface area contributed by atoms with Crippen molar-refractivity contribution in [1.82, 2.24) is 9.97 Å². The van der Waals surface area contributed by atoms with Crippen LogP contribution < -0.4 is 11.1 Å². The van der Waals surface area contributed by atoms with E-state index in [1.54, 1.807) is 6.20 Å². The molecule has 0 spiro atoms. The topological polar surface area (TPSA) is 83.8 Å². The summed E-state index contributed by atoms with van der Waals surface area (Å²) in [5.74, 6) is -0.111. The molecule has 0 radical (unpaired) electrons. The third kappa shape index (κ3) is 2.49. The van der Waals surface area contributed by atoms with Crippen LogP contribution in [0.2, 0.25) is 0 Å². The van der Waals surface area contributed by atoms with E-state index in [9.17, 15) is 4.79 Å². The number of nitrogens with two attached hydrogens (primary N) is 1. The van der Waals surface area contributed by atoms with E-state index in [1.165, 1.54) is 11.1 Å². The number of aryl methyl sites for hydroxylation is 1. The number of aromatic amines is 1. The number of aromatic nitrogens is 2. The first-order valence-corrected chi connectivity index (χ1v) is 7.84. The van der Waals surface area contributed by atoms with Crippen LogP contribution in [0.15, 0.2) is 42.7 Å². The molecule has 5 nitrogen and oxygen atoms in total. The standard InChI is InChI=1S/C18H18N4O/c19-15-3-1-2-11-10-12(4-5-13(11)15)18(23)22-16-7-9-21-17-14(16)6-8-20-17/h4-10,15H,1-3,19H2,(H2,20,21,22,23)/t15-/m0/s1. The number of rotatable bonds is 2. The van der Waals surface area contributed by atoms with Crippen LogP contribution in [0.5, 0.6) is 0 Å². The van der Waals surface area contributed by atoms with Crippen molar-refractivity contribution in [2.24, 2.45) is 5.73 Å². The van der Waals surface area contributed by atoms with E-state index in [4.69, 9.17) is 5.73 Å². The Kier molecular flexibility index (Phi) is 3.35. The molecule has 0 bridgehead atoms. The molecule has 0 saturated heterocycles. The second-order valence-electron chi connectivity index (χ2n) is 5.96. The largest absolute Gasteiger partial charge is 0.346 e. The van der Waals surface area contributed by atoms with Crippen LogP contribution in [0.25, 0.3) is 11.0 Å². The van der Waals surface area contributed by atoms with Crippen molar-refractivity contribution >= 4 is 22.6 Å². The maximum Gasteiger partial charge on any atom is 0.255 e. The molecule has 4 N–H and O–H groups in total. The fourth-order valence-electron chi connectivity index (χ4n) is 3.26. The number of amides is 1. The summed E-state index contributed by atoms with van der Waals surface area (Å²) < 4.78 is 0. The van der Waals surface area contributed by atoms with Gasteiger partial charge in [-0.1, -0.05) is 6.07 Å². The van der Waals surface area contributed by atoms with E-state index in [1.807, 2.05) is 36.5 Å². The lowest BCUT2D eigenvalue weighted by Gasteiger charge is -2.22. The molecule has 3 aromatic rings. The van der Waals surface area contributed by atoms with Crippen molar-refractivity contribution in [1.29, 1.82) is 0 Å². The van der Waals surface area contributed by atoms with Crippen LogP contribution in [0.4, 0.5) is 5.69 Å². The molecule has 0 saturated carbocycles. The first kappa shape index (κ1) is 14.0. The molecule has 1 aromatic carbocycles. The Bertz CT molecular complexity index is 884. The molecule has 23 heavy (non-hydrogen) atoms. The Morgan fingerprint density at radius 3 is 3.13 bits per heavy atom. The number of hydrogen-bond donors (Lipinski definition) is 3. The van der Waals surface area contributed by atoms with Gasteiger partial charge in [0, 0.05) is 29.4 Å². The van der Waals surface area contributed by atoms with Gasteiger partial charge in [-0.05, 0) is 54.7 Å². The zero-order valence-corrected chi connectivity index (χ0v) is 12.7. The minimum Gasteiger partial charge on any atom is -0.346 e. The number of nitrogens with zero attached hydrogens (tertiary/aromatic N) is 1. The van der Waals surface area contributed by atoms with E-state index in [0.717, 1.165) is 36.0 Å². The van der Waals surface area contributed by atoms with E-state index in [2.05, 4.69) is 15.3 Å². The van der Waals surface area contributed by atoms with Crippen molar-refractivity contribution in [3.63, 3.8) is 0 Å². The predicted octanol–water partition coefficient (Wildman–Crippen LogP) is 3.15. The molecule has 5 heteroatoms. The highest BCUT2D eigenvalue weighted by Gasteiger charge is 2.18. The molecule has 1 atom stereocenters. The Morgan fingerprint density at radius 1 is 1.30 bits per heavy atom. The first-order valence-electron chi connectivity index (χ1n) is 7.84. The summed E-state index contributed by atoms with van der Waals surface area (Å²) in [5, 5.41) is 3.88. The van der Waals surface area contributed by atoms with Gasteiger partial charge in [-0.25, -0.2) is 4.98 Å². The zero-order chi connectivity index (χ0) is 15.8. The molecule has 2 aromatic heterocycles. The monoisotopic (exact) mass is 306 g/mol. The van der Waals surface area contributed by atoms with Gasteiger partial charge >= 0.3 is 0 Å². The fourth-order valence-corrected chi connectivity index (χ4v) is 3.26. The molecule has 0 fully saturated rings. The lowest BCUT2D eigenvalue weighted by molar-refractivity contribution is 0.102. The summed E-state index contributed by atoms with van der Waals surface area (Å²) in [6.07, 6.45) is 6.57. The Balaban J connectivity index is 1.63. The highest BCUT2D eigenvalue weighted by Crippen LogP contribution is 2.29. The van der Waals surface area contributed by atoms with Gasteiger partial charge in [0.15, 0.2) is 0 Å². The normalized spacial score (nSPS) is 17.0. The van der Waals surface area contributed by atoms with Crippen LogP contribution in [-0.2, 0) is 6.42 Å². The maximum atomic E-state index is 12.6. The number of hydrogen-bond acceptors (Lipinski definition) is 3. The van der Waals surface area contributed by atoms with Crippen molar-refractivity contribution in [2.45, 2.75) is 25.3 Å². The fraction of sp³-hybridized carbons (Fsp3) is 0.222. The van der Waals surface area contributed by atoms with Gasteiger partial charge in [-0.2, -0.15) is 0 Å². The average molecular weight is 306 g/mol. The van der Waals surface area contributed by atoms with Gasteiger partial charge in [0.1, 0.15) is 5.65 Å². The third-order valence-corrected chi connectivity index (χ3v) is 4.47. The Labute approximate surface area is 133 Å². The highest BCUT2D eigenvalue weighted by molar-refractivity contribution is 6.08. The van der Waals surface area contributed by atoms with Crippen LogP contribution in [-0.4, -0.2) is 15.9 Å². The number of H-pyrrole nitrogens is 1. The Morgan fingerprint density at radius 2 is 2.22 bits per heavy atom. The van der Waals surface area contributed by atoms with Gasteiger partial charge in [0.25, 0.3) is 5.91 Å². The van der Waals surface area contributed by atoms with Crippen molar-refractivity contribution in [3.8, 4) is 0 Å². The van der Waals surface area contributed by atoms with Crippen LogP contribution in [0.3, 0.4) is 0 Å². The van der Waals surface area contributed by atoms with Gasteiger partial charge in [-0.15, -0.1) is 0 Å². The molecule has 1 aliphatic carbocycles. The molecule has 4 rings (SSSR count). The highest BCUT2D eigenvalue weighted by atomic mass is 16.1. The van der Waals surface area contributed by atoms with Gasteiger partial charge < -0.3 is 16.0 Å². The molecule has 0 aliphatic heterocycles. The Hall–Kier alpha value is -2.66. The number of carbonyl (C=O) groups excluding carboxylic acids is 1. The second-order valence-corrected chi connectivity index (χ2v) is 5.96. The minimum atomic E-state index is -0.111. The van der Waals surface area contributed by atoms with E-state index < -0.39 is 0 Å². The van der Waals surface area contributed by atoms with Crippen molar-refractivity contribution in [3.05, 3.63) is 59.4 Å². The number of pyridine rings is 1. The summed E-state index contributed by atoms with van der Waals surface area (Å²) in [5.41, 5.74) is 10.7. The smallest absolute Gasteiger partial charge is 0.255 e. The number of fused-ring (bicyclic) bond motifs is 2. The maximum absolute atomic E-state index is 12.6. The molecular weight excluding hydrogens is 288 g/mol. The van der Waals surface area contributed by atoms with Crippen molar-refractivity contribution < 1.29 is 4.79 Å².